The quantitative estimate of drug-likeness (QED) is 0.517. The second-order valence-electron chi connectivity index (χ2n) is 3.60. The zero-order valence-electron chi connectivity index (χ0n) is 9.46. The van der Waals surface area contributed by atoms with Crippen molar-refractivity contribution in [3.05, 3.63) is 59.7 Å². The van der Waals surface area contributed by atoms with Crippen LogP contribution in [0.1, 0.15) is 17.0 Å². The SMILES string of the molecule is O/N=C(/c1cccc(C(F)(F)F)c1)c1ncccn1. The van der Waals surface area contributed by atoms with Crippen LogP contribution in [-0.4, -0.2) is 20.9 Å². The number of benzene rings is 1. The van der Waals surface area contributed by atoms with Gasteiger partial charge in [-0.25, -0.2) is 9.97 Å². The van der Waals surface area contributed by atoms with Crippen LogP contribution in [0.25, 0.3) is 0 Å². The summed E-state index contributed by atoms with van der Waals surface area (Å²) in [5.41, 5.74) is -0.864. The van der Waals surface area contributed by atoms with Crippen LogP contribution < -0.4 is 0 Å². The molecule has 0 aliphatic carbocycles. The molecular formula is C12H8F3N3O. The van der Waals surface area contributed by atoms with Gasteiger partial charge in [0.1, 0.15) is 0 Å². The van der Waals surface area contributed by atoms with Crippen LogP contribution in [0.3, 0.4) is 0 Å². The normalized spacial score (nSPS) is 12.5. The van der Waals surface area contributed by atoms with Gasteiger partial charge in [-0.3, -0.25) is 0 Å². The first-order valence-electron chi connectivity index (χ1n) is 5.19. The number of hydrogen-bond acceptors (Lipinski definition) is 4. The van der Waals surface area contributed by atoms with Crippen molar-refractivity contribution in [2.24, 2.45) is 5.16 Å². The third-order valence-corrected chi connectivity index (χ3v) is 2.34. The average Bonchev–Trinajstić information content (AvgIpc) is 2.40. The molecule has 1 heterocycles. The van der Waals surface area contributed by atoms with E-state index < -0.39 is 11.7 Å². The Hall–Kier alpha value is -2.44. The molecule has 0 radical (unpaired) electrons. The van der Waals surface area contributed by atoms with Gasteiger partial charge in [-0.05, 0) is 18.2 Å². The average molecular weight is 267 g/mol. The van der Waals surface area contributed by atoms with Gasteiger partial charge in [-0.15, -0.1) is 0 Å². The van der Waals surface area contributed by atoms with Gasteiger partial charge in [0, 0.05) is 18.0 Å². The van der Waals surface area contributed by atoms with E-state index in [0.717, 1.165) is 12.1 Å². The first kappa shape index (κ1) is 13.0. The van der Waals surface area contributed by atoms with Crippen LogP contribution in [0, 0.1) is 0 Å². The summed E-state index contributed by atoms with van der Waals surface area (Å²) in [4.78, 5) is 7.67. The van der Waals surface area contributed by atoms with E-state index in [9.17, 15) is 13.2 Å². The molecule has 1 aromatic carbocycles. The Morgan fingerprint density at radius 1 is 1.11 bits per heavy atom. The third-order valence-electron chi connectivity index (χ3n) is 2.34. The lowest BCUT2D eigenvalue weighted by molar-refractivity contribution is -0.137. The first-order valence-corrected chi connectivity index (χ1v) is 5.19. The molecule has 98 valence electrons. The van der Waals surface area contributed by atoms with E-state index in [0.29, 0.717) is 0 Å². The molecule has 2 rings (SSSR count). The Balaban J connectivity index is 2.47. The highest BCUT2D eigenvalue weighted by Gasteiger charge is 2.31. The van der Waals surface area contributed by atoms with E-state index >= 15 is 0 Å². The molecule has 0 unspecified atom stereocenters. The van der Waals surface area contributed by atoms with Crippen LogP contribution in [0.5, 0.6) is 0 Å². The summed E-state index contributed by atoms with van der Waals surface area (Å²) < 4.78 is 37.8. The number of nitrogens with zero attached hydrogens (tertiary/aromatic N) is 3. The number of aromatic nitrogens is 2. The summed E-state index contributed by atoms with van der Waals surface area (Å²) in [6.07, 6.45) is -1.66. The Morgan fingerprint density at radius 3 is 2.37 bits per heavy atom. The zero-order chi connectivity index (χ0) is 13.9. The number of halogens is 3. The number of oxime groups is 1. The summed E-state index contributed by atoms with van der Waals surface area (Å²) in [6, 6.07) is 5.98. The maximum Gasteiger partial charge on any atom is 0.416 e. The Morgan fingerprint density at radius 2 is 1.79 bits per heavy atom. The van der Waals surface area contributed by atoms with E-state index in [1.54, 1.807) is 6.07 Å². The smallest absolute Gasteiger partial charge is 0.410 e. The summed E-state index contributed by atoms with van der Waals surface area (Å²) in [5, 5.41) is 11.9. The van der Waals surface area contributed by atoms with Gasteiger partial charge in [0.25, 0.3) is 0 Å². The van der Waals surface area contributed by atoms with Gasteiger partial charge >= 0.3 is 6.18 Å². The van der Waals surface area contributed by atoms with E-state index in [1.165, 1.54) is 24.5 Å². The molecule has 0 atom stereocenters. The van der Waals surface area contributed by atoms with Crippen molar-refractivity contribution < 1.29 is 18.4 Å². The first-order chi connectivity index (χ1) is 9.02. The topological polar surface area (TPSA) is 58.4 Å². The highest BCUT2D eigenvalue weighted by molar-refractivity contribution is 6.10. The molecule has 0 saturated heterocycles. The Kier molecular flexibility index (Phi) is 3.46. The van der Waals surface area contributed by atoms with E-state index in [1.807, 2.05) is 0 Å². The maximum absolute atomic E-state index is 12.6. The predicted octanol–water partition coefficient (Wildman–Crippen LogP) is 2.72. The molecule has 0 aliphatic heterocycles. The lowest BCUT2D eigenvalue weighted by Crippen LogP contribution is -2.11. The molecule has 0 amide bonds. The molecule has 2 aromatic rings. The third kappa shape index (κ3) is 2.87. The number of rotatable bonds is 2. The summed E-state index contributed by atoms with van der Waals surface area (Å²) in [5.74, 6) is 0.0457. The molecular weight excluding hydrogens is 259 g/mol. The highest BCUT2D eigenvalue weighted by Crippen LogP contribution is 2.29. The van der Waals surface area contributed by atoms with Crippen molar-refractivity contribution in [1.29, 1.82) is 0 Å². The minimum Gasteiger partial charge on any atom is -0.410 e. The maximum atomic E-state index is 12.6. The standard InChI is InChI=1S/C12H8F3N3O/c13-12(14,15)9-4-1-3-8(7-9)10(18-19)11-16-5-2-6-17-11/h1-7,19H/b18-10-. The lowest BCUT2D eigenvalue weighted by atomic mass is 10.1. The van der Waals surface area contributed by atoms with Crippen LogP contribution in [0.15, 0.2) is 47.9 Å². The fourth-order valence-electron chi connectivity index (χ4n) is 1.50. The Labute approximate surface area is 106 Å². The van der Waals surface area contributed by atoms with Crippen LogP contribution in [-0.2, 0) is 6.18 Å². The molecule has 1 aromatic heterocycles. The van der Waals surface area contributed by atoms with Gasteiger partial charge in [0.15, 0.2) is 11.5 Å². The van der Waals surface area contributed by atoms with Gasteiger partial charge in [0.2, 0.25) is 0 Å². The number of alkyl halides is 3. The lowest BCUT2D eigenvalue weighted by Gasteiger charge is -2.08. The summed E-state index contributed by atoms with van der Waals surface area (Å²) >= 11 is 0. The molecule has 19 heavy (non-hydrogen) atoms. The highest BCUT2D eigenvalue weighted by atomic mass is 19.4. The van der Waals surface area contributed by atoms with Gasteiger partial charge in [-0.2, -0.15) is 13.2 Å². The molecule has 0 saturated carbocycles. The van der Waals surface area contributed by atoms with Crippen LogP contribution in [0.4, 0.5) is 13.2 Å². The molecule has 1 N–H and O–H groups in total. The van der Waals surface area contributed by atoms with Crippen LogP contribution in [0.2, 0.25) is 0 Å². The molecule has 0 bridgehead atoms. The van der Waals surface area contributed by atoms with Gasteiger partial charge in [0.05, 0.1) is 5.56 Å². The fourth-order valence-corrected chi connectivity index (χ4v) is 1.50. The minimum atomic E-state index is -4.46. The van der Waals surface area contributed by atoms with E-state index in [2.05, 4.69) is 15.1 Å². The molecule has 0 fully saturated rings. The van der Waals surface area contributed by atoms with Gasteiger partial charge in [-0.1, -0.05) is 17.3 Å². The minimum absolute atomic E-state index is 0.0457. The second-order valence-corrected chi connectivity index (χ2v) is 3.60. The fraction of sp³-hybridized carbons (Fsp3) is 0.0833. The summed E-state index contributed by atoms with van der Waals surface area (Å²) in [6.45, 7) is 0. The summed E-state index contributed by atoms with van der Waals surface area (Å²) in [7, 11) is 0. The predicted molar refractivity (Wildman–Crippen MR) is 60.9 cm³/mol. The molecule has 0 spiro atoms. The monoisotopic (exact) mass is 267 g/mol. The van der Waals surface area contributed by atoms with E-state index in [-0.39, 0.29) is 17.1 Å². The molecule has 4 nitrogen and oxygen atoms in total. The van der Waals surface area contributed by atoms with Gasteiger partial charge < -0.3 is 5.21 Å². The van der Waals surface area contributed by atoms with Crippen molar-refractivity contribution in [3.63, 3.8) is 0 Å². The second kappa shape index (κ2) is 5.05. The van der Waals surface area contributed by atoms with Crippen molar-refractivity contribution in [1.82, 2.24) is 9.97 Å². The van der Waals surface area contributed by atoms with Crippen molar-refractivity contribution in [2.75, 3.05) is 0 Å². The molecule has 7 heteroatoms. The van der Waals surface area contributed by atoms with E-state index in [4.69, 9.17) is 5.21 Å². The van der Waals surface area contributed by atoms with Crippen LogP contribution >= 0.6 is 0 Å². The molecule has 0 aliphatic rings. The number of hydrogen-bond donors (Lipinski definition) is 1. The van der Waals surface area contributed by atoms with Crippen molar-refractivity contribution in [2.45, 2.75) is 6.18 Å². The largest absolute Gasteiger partial charge is 0.416 e. The van der Waals surface area contributed by atoms with Crippen molar-refractivity contribution >= 4 is 5.71 Å². The van der Waals surface area contributed by atoms with Crippen molar-refractivity contribution in [3.8, 4) is 0 Å². The Bertz CT molecular complexity index is 597. The zero-order valence-corrected chi connectivity index (χ0v) is 9.46.